The number of unbranched alkanes of at least 4 members (excludes halogenated alkanes) is 2. The highest BCUT2D eigenvalue weighted by atomic mass is 19.1. The van der Waals surface area contributed by atoms with E-state index in [0.717, 1.165) is 4.90 Å². The first-order valence-electron chi connectivity index (χ1n) is 27.3. The summed E-state index contributed by atoms with van der Waals surface area (Å²) in [5.74, 6) is -5.60. The number of carbonyl (C=O) groups is 9. The number of amides is 8. The number of cyclic esters (lactones) is 1. The number of hydrogen-bond donors (Lipinski definition) is 8. The summed E-state index contributed by atoms with van der Waals surface area (Å²) in [5, 5.41) is 26.2. The molecule has 0 saturated carbocycles. The maximum atomic E-state index is 15.2. The fourth-order valence-corrected chi connectivity index (χ4v) is 10.4. The van der Waals surface area contributed by atoms with Crippen molar-refractivity contribution in [2.75, 3.05) is 53.1 Å². The van der Waals surface area contributed by atoms with E-state index in [4.69, 9.17) is 20.2 Å². The summed E-state index contributed by atoms with van der Waals surface area (Å²) >= 11 is 0. The van der Waals surface area contributed by atoms with E-state index in [1.165, 1.54) is 22.8 Å². The Kier molecular flexibility index (Phi) is 19.4. The largest absolute Gasteiger partial charge is 0.458 e. The average Bonchev–Trinajstić information content (AvgIpc) is 2.05. The third-order valence-corrected chi connectivity index (χ3v) is 15.0. The van der Waals surface area contributed by atoms with Gasteiger partial charge in [-0.2, -0.15) is 0 Å². The van der Waals surface area contributed by atoms with E-state index in [1.807, 2.05) is 0 Å². The van der Waals surface area contributed by atoms with Crippen molar-refractivity contribution in [3.8, 4) is 11.4 Å². The van der Waals surface area contributed by atoms with Crippen molar-refractivity contribution in [2.45, 2.75) is 103 Å². The zero-order chi connectivity index (χ0) is 59.5. The number of esters is 1. The molecule has 6 heterocycles. The molecule has 440 valence electrons. The van der Waals surface area contributed by atoms with Crippen LogP contribution in [0.1, 0.15) is 85.3 Å². The molecule has 0 radical (unpaired) electrons. The van der Waals surface area contributed by atoms with Crippen LogP contribution in [0.2, 0.25) is 0 Å². The van der Waals surface area contributed by atoms with Crippen molar-refractivity contribution >= 4 is 64.1 Å². The van der Waals surface area contributed by atoms with Gasteiger partial charge < -0.3 is 61.4 Å². The van der Waals surface area contributed by atoms with Crippen LogP contribution in [0.3, 0.4) is 0 Å². The van der Waals surface area contributed by atoms with E-state index in [0.29, 0.717) is 88.9 Å². The lowest BCUT2D eigenvalue weighted by Crippen LogP contribution is -2.52. The number of carbonyl (C=O) groups excluding carboxylic acids is 9. The molecule has 4 aliphatic heterocycles. The van der Waals surface area contributed by atoms with Crippen molar-refractivity contribution in [2.24, 2.45) is 5.73 Å². The Morgan fingerprint density at radius 2 is 1.64 bits per heavy atom. The van der Waals surface area contributed by atoms with E-state index in [2.05, 4.69) is 32.0 Å². The lowest BCUT2D eigenvalue weighted by Gasteiger charge is -2.31. The standard InChI is InChI=1S/C57H67FN12O13/c1-4-57(81)39-22-45-53-37(28-70(45)55(79)38(39)30-83-56(57)80)36(35-20-33(2)40(58)23-42(35)66-53)27-67(60-3)29-41(59)44-14-11-19-68(44)52(77)31-82-32-64-48(73)25-63-54(78)43(21-34-12-7-5-8-13-34)65-49(74)26-62-47(72)24-61-46(71)15-9-6-10-18-69-50(75)16-17-51(69)76/h5,7-8,12-13,16-17,20,22-23,29,43-44,60,81H,4,6,9-11,14-15,18-19,21,24-28,30-32,59H2,1-3H3,(H,61,71)(H,62,72)(H,63,78)(H,64,73)(H,65,74)/b41-29-/t43-,44?,57+/m1/s1. The first kappa shape index (κ1) is 60.2. The van der Waals surface area contributed by atoms with E-state index in [9.17, 15) is 53.1 Å². The monoisotopic (exact) mass is 1150 g/mol. The lowest BCUT2D eigenvalue weighted by molar-refractivity contribution is -0.172. The Morgan fingerprint density at radius 1 is 0.928 bits per heavy atom. The number of hydrogen-bond acceptors (Lipinski definition) is 17. The van der Waals surface area contributed by atoms with Crippen molar-refractivity contribution in [1.82, 2.24) is 56.4 Å². The molecular formula is C57H67FN12O13. The number of fused-ring (bicyclic) bond motifs is 5. The number of imide groups is 1. The summed E-state index contributed by atoms with van der Waals surface area (Å²) in [6, 6.07) is 11.7. The van der Waals surface area contributed by atoms with Crippen molar-refractivity contribution in [1.29, 1.82) is 0 Å². The van der Waals surface area contributed by atoms with Gasteiger partial charge in [0.1, 0.15) is 31.8 Å². The van der Waals surface area contributed by atoms with Crippen molar-refractivity contribution < 1.29 is 62.1 Å². The molecule has 1 saturated heterocycles. The molecule has 83 heavy (non-hydrogen) atoms. The number of ether oxygens (including phenoxy) is 2. The second-order valence-electron chi connectivity index (χ2n) is 20.5. The number of pyridine rings is 2. The third kappa shape index (κ3) is 14.1. The summed E-state index contributed by atoms with van der Waals surface area (Å²) in [6.07, 6.45) is 6.91. The summed E-state index contributed by atoms with van der Waals surface area (Å²) in [5.41, 5.74) is 11.6. The van der Waals surface area contributed by atoms with Gasteiger partial charge in [0.05, 0.1) is 61.2 Å². The molecule has 4 aliphatic rings. The number of benzene rings is 2. The predicted molar refractivity (Wildman–Crippen MR) is 295 cm³/mol. The number of hydrazine groups is 1. The maximum Gasteiger partial charge on any atom is 0.343 e. The van der Waals surface area contributed by atoms with E-state index >= 15 is 4.39 Å². The van der Waals surface area contributed by atoms with Gasteiger partial charge in [0.25, 0.3) is 17.4 Å². The summed E-state index contributed by atoms with van der Waals surface area (Å²) in [7, 11) is 1.68. The lowest BCUT2D eigenvalue weighted by atomic mass is 9.86. The normalized spacial score (nSPS) is 17.4. The van der Waals surface area contributed by atoms with Gasteiger partial charge in [-0.05, 0) is 67.9 Å². The predicted octanol–water partition coefficient (Wildman–Crippen LogP) is -0.0936. The first-order chi connectivity index (χ1) is 39.8. The Bertz CT molecular complexity index is 3330. The molecule has 0 aliphatic carbocycles. The van der Waals surface area contributed by atoms with Crippen LogP contribution in [0, 0.1) is 12.7 Å². The Labute approximate surface area is 476 Å². The van der Waals surface area contributed by atoms with Gasteiger partial charge in [-0.25, -0.2) is 19.6 Å². The van der Waals surface area contributed by atoms with Crippen LogP contribution in [-0.2, 0) is 84.3 Å². The molecule has 1 fully saturated rings. The van der Waals surface area contributed by atoms with Crippen molar-refractivity contribution in [3.05, 3.63) is 122 Å². The molecule has 0 spiro atoms. The zero-order valence-electron chi connectivity index (χ0n) is 46.3. The van der Waals surface area contributed by atoms with Gasteiger partial charge in [-0.15, -0.1) is 0 Å². The molecule has 1 unspecified atom stereocenters. The van der Waals surface area contributed by atoms with Crippen LogP contribution in [-0.4, -0.2) is 148 Å². The number of aryl methyl sites for hydroxylation is 1. The molecule has 26 heteroatoms. The van der Waals surface area contributed by atoms with E-state index in [1.54, 1.807) is 79.5 Å². The third-order valence-electron chi connectivity index (χ3n) is 15.0. The fraction of sp³-hybridized carbons (Fsp3) is 0.421. The van der Waals surface area contributed by atoms with Crippen molar-refractivity contribution in [3.63, 3.8) is 0 Å². The number of rotatable bonds is 26. The molecule has 8 rings (SSSR count). The Morgan fingerprint density at radius 3 is 2.37 bits per heavy atom. The van der Waals surface area contributed by atoms with Crippen LogP contribution in [0.25, 0.3) is 22.3 Å². The van der Waals surface area contributed by atoms with Crippen LogP contribution < -0.4 is 43.3 Å². The first-order valence-corrected chi connectivity index (χ1v) is 27.3. The van der Waals surface area contributed by atoms with Crippen LogP contribution in [0.5, 0.6) is 0 Å². The number of nitrogens with two attached hydrogens (primary N) is 1. The second kappa shape index (κ2) is 26.8. The zero-order valence-corrected chi connectivity index (χ0v) is 46.3. The summed E-state index contributed by atoms with van der Waals surface area (Å²) in [6.45, 7) is 1.56. The molecule has 2 aromatic carbocycles. The SMILES string of the molecule is CC[C@@]1(O)C(=O)OCc2c1cc1n(c2=O)Cc2c-1nc1cc(F)c(C)cc1c2CN(/C=C(\N)C1CCCN1C(=O)COCNC(=O)CNC(=O)[C@@H](Cc1ccccc1)NC(=O)CNC(=O)CNC(=O)CCCCCN1C(=O)C=CC1=O)NC. The van der Waals surface area contributed by atoms with Crippen LogP contribution in [0.15, 0.2) is 77.4 Å². The Hall–Kier alpha value is -8.88. The summed E-state index contributed by atoms with van der Waals surface area (Å²) < 4.78 is 27.5. The highest BCUT2D eigenvalue weighted by Crippen LogP contribution is 2.41. The van der Waals surface area contributed by atoms with Gasteiger partial charge in [0.15, 0.2) is 5.60 Å². The highest BCUT2D eigenvalue weighted by Gasteiger charge is 2.46. The number of aliphatic hydroxyl groups is 1. The topological polar surface area (TPSA) is 335 Å². The molecule has 9 N–H and O–H groups in total. The van der Waals surface area contributed by atoms with E-state index in [-0.39, 0.29) is 75.2 Å². The summed E-state index contributed by atoms with van der Waals surface area (Å²) in [4.78, 5) is 135. The van der Waals surface area contributed by atoms with Crippen LogP contribution >= 0.6 is 0 Å². The molecule has 2 aromatic heterocycles. The van der Waals surface area contributed by atoms with E-state index < -0.39 is 96.7 Å². The Balaban J connectivity index is 0.803. The molecule has 25 nitrogen and oxygen atoms in total. The minimum absolute atomic E-state index is 0.0369. The number of halogens is 1. The van der Waals surface area contributed by atoms with Crippen LogP contribution in [0.4, 0.5) is 4.39 Å². The van der Waals surface area contributed by atoms with Gasteiger partial charge in [0, 0.05) is 79.6 Å². The number of likely N-dealkylation sites (tertiary alicyclic amines) is 1. The quantitative estimate of drug-likeness (QED) is 0.0118. The van der Waals surface area contributed by atoms with Gasteiger partial charge in [-0.1, -0.05) is 43.7 Å². The minimum Gasteiger partial charge on any atom is -0.458 e. The second-order valence-corrected chi connectivity index (χ2v) is 20.5. The smallest absolute Gasteiger partial charge is 0.343 e. The highest BCUT2D eigenvalue weighted by molar-refractivity contribution is 6.12. The number of nitrogens with zero attached hydrogens (tertiary/aromatic N) is 5. The fourth-order valence-electron chi connectivity index (χ4n) is 10.4. The minimum atomic E-state index is -2.04. The number of aromatic nitrogens is 2. The number of nitrogens with one attached hydrogen (secondary N) is 6. The molecule has 8 amide bonds. The molecular weight excluding hydrogens is 1080 g/mol. The van der Waals surface area contributed by atoms with Gasteiger partial charge >= 0.3 is 5.97 Å². The molecule has 0 bridgehead atoms. The van der Waals surface area contributed by atoms with Gasteiger partial charge in [-0.3, -0.25) is 48.1 Å². The van der Waals surface area contributed by atoms with Gasteiger partial charge in [0.2, 0.25) is 35.4 Å². The maximum absolute atomic E-state index is 15.2. The molecule has 4 aromatic rings. The average molecular weight is 1150 g/mol. The molecule has 3 atom stereocenters.